The zero-order chi connectivity index (χ0) is 9.68. The maximum atomic E-state index is 4.14. The summed E-state index contributed by atoms with van der Waals surface area (Å²) in [5.74, 6) is 1.84. The van der Waals surface area contributed by atoms with Crippen LogP contribution in [0.4, 0.5) is 0 Å². The SMILES string of the molecule is CCCn1cnnc1CC(C)CC. The summed E-state index contributed by atoms with van der Waals surface area (Å²) in [5.41, 5.74) is 0. The molecule has 74 valence electrons. The Kier molecular flexibility index (Phi) is 3.93. The van der Waals surface area contributed by atoms with E-state index in [0.717, 1.165) is 25.2 Å². The molecule has 0 N–H and O–H groups in total. The summed E-state index contributed by atoms with van der Waals surface area (Å²) < 4.78 is 2.16. The van der Waals surface area contributed by atoms with Gasteiger partial charge in [0.05, 0.1) is 0 Å². The van der Waals surface area contributed by atoms with Gasteiger partial charge >= 0.3 is 0 Å². The van der Waals surface area contributed by atoms with Crippen LogP contribution in [0.3, 0.4) is 0 Å². The fourth-order valence-electron chi connectivity index (χ4n) is 1.32. The maximum absolute atomic E-state index is 4.14. The normalized spacial score (nSPS) is 13.2. The molecule has 1 aromatic rings. The zero-order valence-corrected chi connectivity index (χ0v) is 8.82. The molecule has 1 atom stereocenters. The van der Waals surface area contributed by atoms with Gasteiger partial charge in [0.15, 0.2) is 0 Å². The van der Waals surface area contributed by atoms with Crippen molar-refractivity contribution in [3.8, 4) is 0 Å². The van der Waals surface area contributed by atoms with Gasteiger partial charge < -0.3 is 4.57 Å². The third-order valence-electron chi connectivity index (χ3n) is 2.39. The quantitative estimate of drug-likeness (QED) is 0.697. The van der Waals surface area contributed by atoms with E-state index in [2.05, 4.69) is 35.5 Å². The number of nitrogens with zero attached hydrogens (tertiary/aromatic N) is 3. The topological polar surface area (TPSA) is 30.7 Å². The lowest BCUT2D eigenvalue weighted by atomic mass is 10.1. The summed E-state index contributed by atoms with van der Waals surface area (Å²) in [4.78, 5) is 0. The monoisotopic (exact) mass is 181 g/mol. The van der Waals surface area contributed by atoms with E-state index in [1.807, 2.05) is 6.33 Å². The summed E-state index contributed by atoms with van der Waals surface area (Å²) in [6.45, 7) is 7.68. The second-order valence-electron chi connectivity index (χ2n) is 3.66. The summed E-state index contributed by atoms with van der Waals surface area (Å²) >= 11 is 0. The van der Waals surface area contributed by atoms with Crippen LogP contribution >= 0.6 is 0 Å². The van der Waals surface area contributed by atoms with Gasteiger partial charge in [-0.05, 0) is 12.3 Å². The van der Waals surface area contributed by atoms with Crippen molar-refractivity contribution in [3.63, 3.8) is 0 Å². The molecule has 0 radical (unpaired) electrons. The second-order valence-corrected chi connectivity index (χ2v) is 3.66. The molecule has 1 heterocycles. The van der Waals surface area contributed by atoms with Crippen molar-refractivity contribution in [1.82, 2.24) is 14.8 Å². The van der Waals surface area contributed by atoms with Gasteiger partial charge in [0, 0.05) is 13.0 Å². The Bertz CT molecular complexity index is 242. The third kappa shape index (κ3) is 2.83. The lowest BCUT2D eigenvalue weighted by Crippen LogP contribution is -2.07. The first-order valence-electron chi connectivity index (χ1n) is 5.14. The van der Waals surface area contributed by atoms with Gasteiger partial charge in [-0.1, -0.05) is 27.2 Å². The minimum absolute atomic E-state index is 0.708. The number of aromatic nitrogens is 3. The van der Waals surface area contributed by atoms with Gasteiger partial charge in [0.1, 0.15) is 12.2 Å². The summed E-state index contributed by atoms with van der Waals surface area (Å²) in [7, 11) is 0. The number of hydrogen-bond acceptors (Lipinski definition) is 2. The maximum Gasteiger partial charge on any atom is 0.133 e. The molecule has 0 bridgehead atoms. The van der Waals surface area contributed by atoms with Crippen LogP contribution in [0.25, 0.3) is 0 Å². The average molecular weight is 181 g/mol. The van der Waals surface area contributed by atoms with Gasteiger partial charge in [-0.25, -0.2) is 0 Å². The molecule has 13 heavy (non-hydrogen) atoms. The highest BCUT2D eigenvalue weighted by Crippen LogP contribution is 2.09. The van der Waals surface area contributed by atoms with Crippen LogP contribution < -0.4 is 0 Å². The summed E-state index contributed by atoms with van der Waals surface area (Å²) in [5, 5.41) is 8.08. The third-order valence-corrected chi connectivity index (χ3v) is 2.39. The smallest absolute Gasteiger partial charge is 0.133 e. The van der Waals surface area contributed by atoms with Gasteiger partial charge in [-0.15, -0.1) is 10.2 Å². The fourth-order valence-corrected chi connectivity index (χ4v) is 1.32. The number of hydrogen-bond donors (Lipinski definition) is 0. The van der Waals surface area contributed by atoms with E-state index in [9.17, 15) is 0 Å². The first-order valence-corrected chi connectivity index (χ1v) is 5.14. The number of rotatable bonds is 5. The van der Waals surface area contributed by atoms with Gasteiger partial charge in [-0.3, -0.25) is 0 Å². The van der Waals surface area contributed by atoms with Crippen molar-refractivity contribution in [3.05, 3.63) is 12.2 Å². The molecule has 0 spiro atoms. The molecule has 3 heteroatoms. The highest BCUT2D eigenvalue weighted by atomic mass is 15.3. The van der Waals surface area contributed by atoms with Crippen LogP contribution in [0.1, 0.15) is 39.4 Å². The molecule has 1 rings (SSSR count). The molecule has 1 aromatic heterocycles. The molecule has 0 aromatic carbocycles. The summed E-state index contributed by atoms with van der Waals surface area (Å²) in [6, 6.07) is 0. The van der Waals surface area contributed by atoms with Gasteiger partial charge in [-0.2, -0.15) is 0 Å². The minimum Gasteiger partial charge on any atom is -0.318 e. The Hall–Kier alpha value is -0.860. The lowest BCUT2D eigenvalue weighted by Gasteiger charge is -2.08. The predicted molar refractivity (Wildman–Crippen MR) is 53.5 cm³/mol. The Morgan fingerprint density at radius 2 is 2.23 bits per heavy atom. The second kappa shape index (κ2) is 5.00. The molecular weight excluding hydrogens is 162 g/mol. The highest BCUT2D eigenvalue weighted by Gasteiger charge is 2.07. The average Bonchev–Trinajstić information content (AvgIpc) is 2.54. The number of aryl methyl sites for hydroxylation is 1. The first kappa shape index (κ1) is 10.2. The van der Waals surface area contributed by atoms with Crippen LogP contribution in [-0.2, 0) is 13.0 Å². The molecule has 0 aliphatic heterocycles. The van der Waals surface area contributed by atoms with E-state index in [0.29, 0.717) is 5.92 Å². The minimum atomic E-state index is 0.708. The van der Waals surface area contributed by atoms with Crippen molar-refractivity contribution in [2.24, 2.45) is 5.92 Å². The molecule has 0 amide bonds. The van der Waals surface area contributed by atoms with E-state index in [1.54, 1.807) is 0 Å². The molecular formula is C10H19N3. The van der Waals surface area contributed by atoms with Gasteiger partial charge in [0.2, 0.25) is 0 Å². The van der Waals surface area contributed by atoms with Crippen LogP contribution in [0, 0.1) is 5.92 Å². The molecule has 0 aliphatic carbocycles. The van der Waals surface area contributed by atoms with Crippen LogP contribution in [0.15, 0.2) is 6.33 Å². The van der Waals surface area contributed by atoms with E-state index < -0.39 is 0 Å². The predicted octanol–water partition coefficient (Wildman–Crippen LogP) is 2.28. The molecule has 0 fully saturated rings. The van der Waals surface area contributed by atoms with E-state index in [1.165, 1.54) is 6.42 Å². The van der Waals surface area contributed by atoms with Crippen molar-refractivity contribution in [2.45, 2.75) is 46.6 Å². The Labute approximate surface area is 80.2 Å². The van der Waals surface area contributed by atoms with E-state index >= 15 is 0 Å². The van der Waals surface area contributed by atoms with Crippen LogP contribution in [-0.4, -0.2) is 14.8 Å². The highest BCUT2D eigenvalue weighted by molar-refractivity contribution is 4.87. The molecule has 0 aliphatic rings. The Balaban J connectivity index is 2.59. The largest absolute Gasteiger partial charge is 0.318 e. The van der Waals surface area contributed by atoms with Crippen molar-refractivity contribution in [1.29, 1.82) is 0 Å². The molecule has 3 nitrogen and oxygen atoms in total. The standard InChI is InChI=1S/C10H19N3/c1-4-6-13-8-11-12-10(13)7-9(3)5-2/h8-9H,4-7H2,1-3H3. The Morgan fingerprint density at radius 1 is 1.46 bits per heavy atom. The van der Waals surface area contributed by atoms with Crippen molar-refractivity contribution in [2.75, 3.05) is 0 Å². The van der Waals surface area contributed by atoms with E-state index in [4.69, 9.17) is 0 Å². The van der Waals surface area contributed by atoms with Crippen molar-refractivity contribution < 1.29 is 0 Å². The fraction of sp³-hybridized carbons (Fsp3) is 0.800. The lowest BCUT2D eigenvalue weighted by molar-refractivity contribution is 0.517. The molecule has 1 unspecified atom stereocenters. The van der Waals surface area contributed by atoms with E-state index in [-0.39, 0.29) is 0 Å². The molecule has 0 saturated carbocycles. The van der Waals surface area contributed by atoms with Gasteiger partial charge in [0.25, 0.3) is 0 Å². The Morgan fingerprint density at radius 3 is 2.85 bits per heavy atom. The van der Waals surface area contributed by atoms with Crippen molar-refractivity contribution >= 4 is 0 Å². The van der Waals surface area contributed by atoms with Crippen LogP contribution in [0.5, 0.6) is 0 Å². The zero-order valence-electron chi connectivity index (χ0n) is 8.82. The molecule has 0 saturated heterocycles. The summed E-state index contributed by atoms with van der Waals surface area (Å²) in [6.07, 6.45) is 5.24. The first-order chi connectivity index (χ1) is 6.27. The van der Waals surface area contributed by atoms with Crippen LogP contribution in [0.2, 0.25) is 0 Å².